The van der Waals surface area contributed by atoms with E-state index in [0.717, 1.165) is 23.3 Å². The van der Waals surface area contributed by atoms with Crippen molar-refractivity contribution in [3.63, 3.8) is 0 Å². The molecule has 7 heteroatoms. The van der Waals surface area contributed by atoms with Gasteiger partial charge in [-0.25, -0.2) is 4.68 Å². The van der Waals surface area contributed by atoms with Gasteiger partial charge in [-0.15, -0.1) is 0 Å². The number of para-hydroxylation sites is 1. The maximum Gasteiger partial charge on any atom is 0.231 e. The highest BCUT2D eigenvalue weighted by molar-refractivity contribution is 6.30. The number of nitrogens with zero attached hydrogens (tertiary/aromatic N) is 4. The van der Waals surface area contributed by atoms with Crippen molar-refractivity contribution in [3.8, 4) is 5.75 Å². The molecule has 0 saturated carbocycles. The number of carbonyl (C=O) groups is 1. The van der Waals surface area contributed by atoms with E-state index >= 15 is 0 Å². The Morgan fingerprint density at radius 2 is 1.93 bits per heavy atom. The molecular weight excluding hydrogens is 388 g/mol. The molecule has 2 atom stereocenters. The Labute approximate surface area is 175 Å². The van der Waals surface area contributed by atoms with E-state index < -0.39 is 0 Å². The molecule has 0 radical (unpaired) electrons. The first-order valence-corrected chi connectivity index (χ1v) is 10.1. The van der Waals surface area contributed by atoms with Crippen molar-refractivity contribution in [3.05, 3.63) is 71.0 Å². The number of amides is 1. The third-order valence-electron chi connectivity index (χ3n) is 5.31. The summed E-state index contributed by atoms with van der Waals surface area (Å²) in [5, 5.41) is 5.13. The van der Waals surface area contributed by atoms with Crippen molar-refractivity contribution < 1.29 is 9.53 Å². The number of benzene rings is 2. The fourth-order valence-corrected chi connectivity index (χ4v) is 4.11. The van der Waals surface area contributed by atoms with Gasteiger partial charge in [-0.2, -0.15) is 10.1 Å². The molecule has 0 saturated heterocycles. The lowest BCUT2D eigenvalue weighted by Crippen LogP contribution is -2.42. The Kier molecular flexibility index (Phi) is 5.53. The molecule has 4 rings (SSSR count). The van der Waals surface area contributed by atoms with E-state index in [-0.39, 0.29) is 18.0 Å². The number of methoxy groups -OCH3 is 1. The third-order valence-corrected chi connectivity index (χ3v) is 5.56. The van der Waals surface area contributed by atoms with Crippen LogP contribution in [0.2, 0.25) is 5.02 Å². The van der Waals surface area contributed by atoms with Crippen LogP contribution < -0.4 is 9.64 Å². The summed E-state index contributed by atoms with van der Waals surface area (Å²) in [5.41, 5.74) is 2.04. The lowest BCUT2D eigenvalue weighted by molar-refractivity contribution is -0.119. The molecular formula is C22H23ClN4O2. The Bertz CT molecular complexity index is 1000. The molecule has 0 unspecified atom stereocenters. The SMILES string of the molecule is CCCC(=O)N1c2ncnn2[C@@H](c2ccccc2OC)C[C@@H]1c1ccc(Cl)cc1. The summed E-state index contributed by atoms with van der Waals surface area (Å²) < 4.78 is 7.43. The van der Waals surface area contributed by atoms with E-state index in [1.807, 2.05) is 60.1 Å². The lowest BCUT2D eigenvalue weighted by atomic mass is 9.91. The molecule has 3 aromatic rings. The zero-order valence-corrected chi connectivity index (χ0v) is 17.2. The van der Waals surface area contributed by atoms with Gasteiger partial charge in [0.15, 0.2) is 0 Å². The summed E-state index contributed by atoms with van der Waals surface area (Å²) >= 11 is 6.10. The Morgan fingerprint density at radius 1 is 1.17 bits per heavy atom. The largest absolute Gasteiger partial charge is 0.496 e. The summed E-state index contributed by atoms with van der Waals surface area (Å²) in [6, 6.07) is 15.3. The van der Waals surface area contributed by atoms with E-state index in [2.05, 4.69) is 10.1 Å². The second kappa shape index (κ2) is 8.25. The van der Waals surface area contributed by atoms with Gasteiger partial charge in [-0.3, -0.25) is 9.69 Å². The third kappa shape index (κ3) is 3.60. The van der Waals surface area contributed by atoms with Gasteiger partial charge in [-0.1, -0.05) is 48.9 Å². The summed E-state index contributed by atoms with van der Waals surface area (Å²) in [5.74, 6) is 1.40. The molecule has 0 N–H and O–H groups in total. The maximum absolute atomic E-state index is 13.1. The normalized spacial score (nSPS) is 18.4. The lowest BCUT2D eigenvalue weighted by Gasteiger charge is -2.39. The molecule has 150 valence electrons. The molecule has 2 aromatic carbocycles. The van der Waals surface area contributed by atoms with Gasteiger partial charge in [0, 0.05) is 17.0 Å². The molecule has 1 amide bonds. The number of ether oxygens (including phenoxy) is 1. The quantitative estimate of drug-likeness (QED) is 0.605. The van der Waals surface area contributed by atoms with Crippen LogP contribution in [0.1, 0.15) is 49.4 Å². The number of halogens is 1. The van der Waals surface area contributed by atoms with Crippen molar-refractivity contribution >= 4 is 23.5 Å². The minimum Gasteiger partial charge on any atom is -0.496 e. The fraction of sp³-hybridized carbons (Fsp3) is 0.318. The zero-order valence-electron chi connectivity index (χ0n) is 16.5. The van der Waals surface area contributed by atoms with Crippen LogP contribution in [0.3, 0.4) is 0 Å². The topological polar surface area (TPSA) is 60.2 Å². The average Bonchev–Trinajstić information content (AvgIpc) is 3.23. The number of hydrogen-bond donors (Lipinski definition) is 0. The molecule has 0 aliphatic carbocycles. The summed E-state index contributed by atoms with van der Waals surface area (Å²) in [6.07, 6.45) is 3.39. The van der Waals surface area contributed by atoms with Gasteiger partial charge < -0.3 is 4.74 Å². The van der Waals surface area contributed by atoms with E-state index in [0.29, 0.717) is 23.8 Å². The minimum atomic E-state index is -0.169. The van der Waals surface area contributed by atoms with Crippen molar-refractivity contribution in [1.82, 2.24) is 14.8 Å². The molecule has 29 heavy (non-hydrogen) atoms. The summed E-state index contributed by atoms with van der Waals surface area (Å²) in [6.45, 7) is 2.00. The molecule has 1 aliphatic rings. The predicted molar refractivity (Wildman–Crippen MR) is 112 cm³/mol. The van der Waals surface area contributed by atoms with E-state index in [1.54, 1.807) is 12.0 Å². The number of rotatable bonds is 5. The zero-order chi connectivity index (χ0) is 20.4. The molecule has 1 aliphatic heterocycles. The van der Waals surface area contributed by atoms with Crippen molar-refractivity contribution in [1.29, 1.82) is 0 Å². The smallest absolute Gasteiger partial charge is 0.231 e. The van der Waals surface area contributed by atoms with Gasteiger partial charge in [0.2, 0.25) is 11.9 Å². The van der Waals surface area contributed by atoms with Gasteiger partial charge in [0.05, 0.1) is 19.2 Å². The van der Waals surface area contributed by atoms with Crippen LogP contribution in [0.4, 0.5) is 5.95 Å². The summed E-state index contributed by atoms with van der Waals surface area (Å²) in [4.78, 5) is 19.3. The predicted octanol–water partition coefficient (Wildman–Crippen LogP) is 4.81. The van der Waals surface area contributed by atoms with E-state index in [1.165, 1.54) is 6.33 Å². The summed E-state index contributed by atoms with van der Waals surface area (Å²) in [7, 11) is 1.66. The molecule has 0 bridgehead atoms. The fourth-order valence-electron chi connectivity index (χ4n) is 3.98. The van der Waals surface area contributed by atoms with Gasteiger partial charge in [-0.05, 0) is 36.6 Å². The number of fused-ring (bicyclic) bond motifs is 1. The minimum absolute atomic E-state index is 0.0418. The molecule has 6 nitrogen and oxygen atoms in total. The highest BCUT2D eigenvalue weighted by atomic mass is 35.5. The van der Waals surface area contributed by atoms with Crippen molar-refractivity contribution in [2.45, 2.75) is 38.3 Å². The van der Waals surface area contributed by atoms with Crippen LogP contribution in [0.15, 0.2) is 54.9 Å². The first-order chi connectivity index (χ1) is 14.1. The highest BCUT2D eigenvalue weighted by Crippen LogP contribution is 2.44. The number of anilines is 1. The van der Waals surface area contributed by atoms with Crippen LogP contribution in [0.25, 0.3) is 0 Å². The standard InChI is InChI=1S/C22H23ClN4O2/c1-3-6-21(28)26-18(15-9-11-16(23)12-10-15)13-19(27-22(26)24-14-25-27)17-7-4-5-8-20(17)29-2/h4-5,7-12,14,18-19H,3,6,13H2,1-2H3/t18-,19-/m1/s1. The van der Waals surface area contributed by atoms with Crippen molar-refractivity contribution in [2.24, 2.45) is 0 Å². The second-order valence-electron chi connectivity index (χ2n) is 7.08. The van der Waals surface area contributed by atoms with Crippen LogP contribution in [-0.2, 0) is 4.79 Å². The average molecular weight is 411 g/mol. The van der Waals surface area contributed by atoms with Crippen LogP contribution in [0.5, 0.6) is 5.75 Å². The number of aromatic nitrogens is 3. The van der Waals surface area contributed by atoms with Crippen molar-refractivity contribution in [2.75, 3.05) is 12.0 Å². The first kappa shape index (κ1) is 19.5. The Morgan fingerprint density at radius 3 is 2.66 bits per heavy atom. The first-order valence-electron chi connectivity index (χ1n) is 9.74. The number of carbonyl (C=O) groups excluding carboxylic acids is 1. The number of hydrogen-bond acceptors (Lipinski definition) is 4. The van der Waals surface area contributed by atoms with Crippen LogP contribution in [-0.4, -0.2) is 27.8 Å². The molecule has 1 aromatic heterocycles. The molecule has 0 fully saturated rings. The molecule has 2 heterocycles. The van der Waals surface area contributed by atoms with Crippen LogP contribution in [0, 0.1) is 0 Å². The Balaban J connectivity index is 1.85. The highest BCUT2D eigenvalue weighted by Gasteiger charge is 2.39. The van der Waals surface area contributed by atoms with Gasteiger partial charge in [0.25, 0.3) is 0 Å². The van der Waals surface area contributed by atoms with E-state index in [4.69, 9.17) is 16.3 Å². The Hall–Kier alpha value is -2.86. The monoisotopic (exact) mass is 410 g/mol. The second-order valence-corrected chi connectivity index (χ2v) is 7.52. The van der Waals surface area contributed by atoms with E-state index in [9.17, 15) is 4.79 Å². The maximum atomic E-state index is 13.1. The van der Waals surface area contributed by atoms with Gasteiger partial charge >= 0.3 is 0 Å². The molecule has 0 spiro atoms. The van der Waals surface area contributed by atoms with Crippen LogP contribution >= 0.6 is 11.6 Å². The van der Waals surface area contributed by atoms with Gasteiger partial charge in [0.1, 0.15) is 12.1 Å².